The standard InChI is InChI=1S/C27H35N3O4S/c1-34-24-10-7-22(8-11-24)29-35(32,33)26-18-23(9-12-25(26)30-13-3-2-4-14-30)28-27(31)17-21-16-19-5-6-20(21)15-19/h7-12,18-21,29H,2-6,13-17H2,1H3,(H,28,31)/t19-,20-,21+/m0/s1. The number of benzene rings is 2. The predicted octanol–water partition coefficient (Wildman–Crippen LogP) is 5.25. The fraction of sp³-hybridized carbons (Fsp3) is 0.519. The molecule has 0 radical (unpaired) electrons. The van der Waals surface area contributed by atoms with Crippen molar-refractivity contribution in [2.24, 2.45) is 17.8 Å². The van der Waals surface area contributed by atoms with E-state index in [4.69, 9.17) is 4.74 Å². The maximum atomic E-state index is 13.5. The summed E-state index contributed by atoms with van der Waals surface area (Å²) in [6.45, 7) is 1.64. The fourth-order valence-electron chi connectivity index (χ4n) is 6.15. The summed E-state index contributed by atoms with van der Waals surface area (Å²) in [4.78, 5) is 15.2. The molecule has 2 aliphatic carbocycles. The van der Waals surface area contributed by atoms with Crippen molar-refractivity contribution in [2.75, 3.05) is 35.1 Å². The summed E-state index contributed by atoms with van der Waals surface area (Å²) in [5.74, 6) is 2.56. The number of piperidine rings is 1. The van der Waals surface area contributed by atoms with Crippen molar-refractivity contribution in [3.63, 3.8) is 0 Å². The third-order valence-electron chi connectivity index (χ3n) is 7.90. The van der Waals surface area contributed by atoms with Crippen molar-refractivity contribution in [2.45, 2.75) is 56.3 Å². The molecule has 2 saturated carbocycles. The molecule has 3 aliphatic rings. The summed E-state index contributed by atoms with van der Waals surface area (Å²) < 4.78 is 35.0. The van der Waals surface area contributed by atoms with Gasteiger partial charge in [-0.2, -0.15) is 0 Å². The molecule has 1 heterocycles. The average molecular weight is 498 g/mol. The van der Waals surface area contributed by atoms with Gasteiger partial charge in [0, 0.05) is 30.9 Å². The van der Waals surface area contributed by atoms with Crippen molar-refractivity contribution in [3.8, 4) is 5.75 Å². The van der Waals surface area contributed by atoms with Crippen LogP contribution in [-0.2, 0) is 14.8 Å². The van der Waals surface area contributed by atoms with Crippen molar-refractivity contribution in [3.05, 3.63) is 42.5 Å². The van der Waals surface area contributed by atoms with Crippen LogP contribution in [0.3, 0.4) is 0 Å². The largest absolute Gasteiger partial charge is 0.497 e. The molecular weight excluding hydrogens is 462 g/mol. The Morgan fingerprint density at radius 3 is 2.40 bits per heavy atom. The van der Waals surface area contributed by atoms with E-state index >= 15 is 0 Å². The third kappa shape index (κ3) is 5.42. The van der Waals surface area contributed by atoms with Gasteiger partial charge in [0.15, 0.2) is 0 Å². The molecule has 0 aromatic heterocycles. The monoisotopic (exact) mass is 497 g/mol. The van der Waals surface area contributed by atoms with Gasteiger partial charge in [-0.3, -0.25) is 9.52 Å². The molecular formula is C27H35N3O4S. The molecule has 1 aliphatic heterocycles. The van der Waals surface area contributed by atoms with Gasteiger partial charge in [0.1, 0.15) is 10.6 Å². The van der Waals surface area contributed by atoms with Gasteiger partial charge in [-0.1, -0.05) is 6.42 Å². The van der Waals surface area contributed by atoms with Crippen molar-refractivity contribution in [1.82, 2.24) is 0 Å². The number of sulfonamides is 1. The second kappa shape index (κ2) is 10.1. The van der Waals surface area contributed by atoms with E-state index in [-0.39, 0.29) is 10.8 Å². The number of amides is 1. The number of carbonyl (C=O) groups is 1. The van der Waals surface area contributed by atoms with Gasteiger partial charge in [0.2, 0.25) is 5.91 Å². The van der Waals surface area contributed by atoms with Crippen LogP contribution in [0, 0.1) is 17.8 Å². The van der Waals surface area contributed by atoms with Gasteiger partial charge in [0.25, 0.3) is 10.0 Å². The van der Waals surface area contributed by atoms with Crippen LogP contribution in [0.5, 0.6) is 5.75 Å². The normalized spacial score (nSPS) is 23.8. The minimum atomic E-state index is -3.88. The lowest BCUT2D eigenvalue weighted by Crippen LogP contribution is -2.31. The second-order valence-corrected chi connectivity index (χ2v) is 11.9. The summed E-state index contributed by atoms with van der Waals surface area (Å²) in [7, 11) is -2.31. The Kier molecular flexibility index (Phi) is 6.91. The molecule has 5 rings (SSSR count). The molecule has 3 atom stereocenters. The van der Waals surface area contributed by atoms with E-state index in [1.807, 2.05) is 12.1 Å². The molecule has 2 aromatic rings. The first-order chi connectivity index (χ1) is 16.9. The first kappa shape index (κ1) is 24.0. The zero-order valence-electron chi connectivity index (χ0n) is 20.3. The minimum Gasteiger partial charge on any atom is -0.497 e. The molecule has 1 saturated heterocycles. The summed E-state index contributed by atoms with van der Waals surface area (Å²) in [6.07, 6.45) is 8.71. The van der Waals surface area contributed by atoms with Gasteiger partial charge in [-0.25, -0.2) is 8.42 Å². The number of nitrogens with zero attached hydrogens (tertiary/aromatic N) is 1. The zero-order chi connectivity index (χ0) is 24.4. The molecule has 35 heavy (non-hydrogen) atoms. The highest BCUT2D eigenvalue weighted by atomic mass is 32.2. The molecule has 8 heteroatoms. The molecule has 2 bridgehead atoms. The van der Waals surface area contributed by atoms with E-state index in [9.17, 15) is 13.2 Å². The van der Waals surface area contributed by atoms with Crippen molar-refractivity contribution >= 4 is 33.0 Å². The smallest absolute Gasteiger partial charge is 0.264 e. The summed E-state index contributed by atoms with van der Waals surface area (Å²) in [6, 6.07) is 12.1. The Labute approximate surface area is 208 Å². The molecule has 7 nitrogen and oxygen atoms in total. The number of fused-ring (bicyclic) bond motifs is 2. The maximum Gasteiger partial charge on any atom is 0.264 e. The second-order valence-electron chi connectivity index (χ2n) is 10.3. The summed E-state index contributed by atoms with van der Waals surface area (Å²) >= 11 is 0. The molecule has 188 valence electrons. The minimum absolute atomic E-state index is 0.0280. The van der Waals surface area contributed by atoms with Crippen LogP contribution in [0.25, 0.3) is 0 Å². The Bertz CT molecular complexity index is 1160. The van der Waals surface area contributed by atoms with E-state index in [1.54, 1.807) is 37.4 Å². The topological polar surface area (TPSA) is 87.7 Å². The third-order valence-corrected chi connectivity index (χ3v) is 9.31. The lowest BCUT2D eigenvalue weighted by atomic mass is 9.86. The van der Waals surface area contributed by atoms with Gasteiger partial charge in [-0.15, -0.1) is 0 Å². The highest BCUT2D eigenvalue weighted by molar-refractivity contribution is 7.92. The molecule has 1 amide bonds. The number of hydrogen-bond acceptors (Lipinski definition) is 5. The quantitative estimate of drug-likeness (QED) is 0.520. The molecule has 0 unspecified atom stereocenters. The van der Waals surface area contributed by atoms with Crippen LogP contribution < -0.4 is 19.7 Å². The first-order valence-corrected chi connectivity index (χ1v) is 14.3. The number of ether oxygens (including phenoxy) is 1. The number of hydrogen-bond donors (Lipinski definition) is 2. The SMILES string of the molecule is COc1ccc(NS(=O)(=O)c2cc(NC(=O)C[C@H]3C[C@H]4CC[C@H]3C4)ccc2N2CCCCC2)cc1. The Morgan fingerprint density at radius 2 is 1.74 bits per heavy atom. The lowest BCUT2D eigenvalue weighted by molar-refractivity contribution is -0.117. The van der Waals surface area contributed by atoms with Gasteiger partial charge >= 0.3 is 0 Å². The zero-order valence-corrected chi connectivity index (χ0v) is 21.1. The van der Waals surface area contributed by atoms with Crippen LogP contribution in [0.2, 0.25) is 0 Å². The Balaban J connectivity index is 1.37. The Hall–Kier alpha value is -2.74. The maximum absolute atomic E-state index is 13.5. The van der Waals surface area contributed by atoms with E-state index < -0.39 is 10.0 Å². The highest BCUT2D eigenvalue weighted by Gasteiger charge is 2.40. The fourth-order valence-corrected chi connectivity index (χ4v) is 7.46. The van der Waals surface area contributed by atoms with Gasteiger partial charge in [-0.05, 0) is 98.7 Å². The number of carbonyl (C=O) groups excluding carboxylic acids is 1. The van der Waals surface area contributed by atoms with Gasteiger partial charge < -0.3 is 15.0 Å². The molecule has 2 N–H and O–H groups in total. The lowest BCUT2D eigenvalue weighted by Gasteiger charge is -2.30. The van der Waals surface area contributed by atoms with Crippen LogP contribution in [0.1, 0.15) is 51.4 Å². The summed E-state index contributed by atoms with van der Waals surface area (Å²) in [5.41, 5.74) is 1.66. The van der Waals surface area contributed by atoms with Crippen LogP contribution in [0.15, 0.2) is 47.4 Å². The number of methoxy groups -OCH3 is 1. The van der Waals surface area contributed by atoms with Crippen molar-refractivity contribution in [1.29, 1.82) is 0 Å². The van der Waals surface area contributed by atoms with E-state index in [0.717, 1.165) is 44.7 Å². The molecule has 0 spiro atoms. The average Bonchev–Trinajstić information content (AvgIpc) is 3.48. The number of rotatable bonds is 8. The molecule has 3 fully saturated rings. The van der Waals surface area contributed by atoms with E-state index in [2.05, 4.69) is 14.9 Å². The number of nitrogens with one attached hydrogen (secondary N) is 2. The Morgan fingerprint density at radius 1 is 1.00 bits per heavy atom. The van der Waals surface area contributed by atoms with E-state index in [0.29, 0.717) is 41.1 Å². The van der Waals surface area contributed by atoms with Crippen LogP contribution in [0.4, 0.5) is 17.1 Å². The van der Waals surface area contributed by atoms with E-state index in [1.165, 1.54) is 19.3 Å². The van der Waals surface area contributed by atoms with Crippen LogP contribution >= 0.6 is 0 Å². The highest BCUT2D eigenvalue weighted by Crippen LogP contribution is 2.49. The molecule has 2 aromatic carbocycles. The summed E-state index contributed by atoms with van der Waals surface area (Å²) in [5, 5.41) is 2.98. The number of anilines is 3. The van der Waals surface area contributed by atoms with Crippen molar-refractivity contribution < 1.29 is 17.9 Å². The van der Waals surface area contributed by atoms with Crippen LogP contribution in [-0.4, -0.2) is 34.5 Å². The predicted molar refractivity (Wildman–Crippen MR) is 138 cm³/mol. The first-order valence-electron chi connectivity index (χ1n) is 12.8. The van der Waals surface area contributed by atoms with Gasteiger partial charge in [0.05, 0.1) is 12.8 Å².